The van der Waals surface area contributed by atoms with Crippen LogP contribution in [0.15, 0.2) is 65.6 Å². The molecule has 1 aliphatic carbocycles. The first kappa shape index (κ1) is 33.4. The van der Waals surface area contributed by atoms with Gasteiger partial charge in [-0.15, -0.1) is 0 Å². The van der Waals surface area contributed by atoms with Gasteiger partial charge < -0.3 is 10.2 Å². The molecule has 3 aromatic rings. The summed E-state index contributed by atoms with van der Waals surface area (Å²) in [4.78, 5) is 29.2. The van der Waals surface area contributed by atoms with Crippen molar-refractivity contribution >= 4 is 73.9 Å². The maximum absolute atomic E-state index is 14.3. The molecule has 0 radical (unpaired) electrons. The minimum absolute atomic E-state index is 0.00594. The lowest BCUT2D eigenvalue weighted by atomic mass is 10.1. The summed E-state index contributed by atoms with van der Waals surface area (Å²) >= 11 is 25.1. The molecule has 1 fully saturated rings. The van der Waals surface area contributed by atoms with Crippen LogP contribution in [0, 0.1) is 6.92 Å². The predicted molar refractivity (Wildman–Crippen MR) is 174 cm³/mol. The number of hydrogen-bond acceptors (Lipinski definition) is 4. The lowest BCUT2D eigenvalue weighted by molar-refractivity contribution is -0.140. The average Bonchev–Trinajstić information content (AvgIpc) is 3.48. The fourth-order valence-corrected chi connectivity index (χ4v) is 7.33. The van der Waals surface area contributed by atoms with Crippen molar-refractivity contribution in [3.63, 3.8) is 0 Å². The molecule has 1 saturated carbocycles. The van der Waals surface area contributed by atoms with Crippen molar-refractivity contribution in [1.29, 1.82) is 0 Å². The molecule has 1 aliphatic rings. The predicted octanol–water partition coefficient (Wildman–Crippen LogP) is 7.67. The van der Waals surface area contributed by atoms with E-state index in [4.69, 9.17) is 46.4 Å². The molecule has 0 bridgehead atoms. The van der Waals surface area contributed by atoms with Gasteiger partial charge in [-0.1, -0.05) is 89.9 Å². The van der Waals surface area contributed by atoms with E-state index in [1.165, 1.54) is 35.2 Å². The van der Waals surface area contributed by atoms with Gasteiger partial charge in [-0.3, -0.25) is 13.9 Å². The molecule has 12 heteroatoms. The smallest absolute Gasteiger partial charge is 0.264 e. The molecule has 7 nitrogen and oxygen atoms in total. The van der Waals surface area contributed by atoms with Crippen LogP contribution in [0.4, 0.5) is 5.69 Å². The Bertz CT molecular complexity index is 1580. The fraction of sp³-hybridized carbons (Fsp3) is 0.355. The van der Waals surface area contributed by atoms with Gasteiger partial charge >= 0.3 is 0 Å². The summed E-state index contributed by atoms with van der Waals surface area (Å²) in [6.45, 7) is 3.01. The number of carbonyl (C=O) groups excluding carboxylic acids is 2. The standard InChI is InChI=1S/C31H33Cl4N3O4S/c1-3-28(31(40)36-23-6-4-5-7-23)37(18-21-10-14-25(33)27(35)16-21)30(39)19-38(29-17-22(32)11-15-26(29)34)43(41,42)24-12-8-20(2)9-13-24/h8-17,23,28H,3-7,18-19H2,1-2H3,(H,36,40). The Balaban J connectivity index is 1.76. The molecule has 0 aliphatic heterocycles. The molecule has 43 heavy (non-hydrogen) atoms. The first-order valence-electron chi connectivity index (χ1n) is 14.0. The molecule has 0 spiro atoms. The van der Waals surface area contributed by atoms with Gasteiger partial charge in [0, 0.05) is 17.6 Å². The second-order valence-electron chi connectivity index (χ2n) is 10.6. The number of nitrogens with one attached hydrogen (secondary N) is 1. The molecule has 0 aromatic heterocycles. The van der Waals surface area contributed by atoms with Crippen molar-refractivity contribution in [2.75, 3.05) is 10.8 Å². The maximum Gasteiger partial charge on any atom is 0.264 e. The van der Waals surface area contributed by atoms with E-state index in [1.807, 2.05) is 13.8 Å². The Morgan fingerprint density at radius 2 is 1.56 bits per heavy atom. The van der Waals surface area contributed by atoms with Crippen LogP contribution in [0.1, 0.15) is 50.2 Å². The van der Waals surface area contributed by atoms with Gasteiger partial charge in [0.2, 0.25) is 11.8 Å². The Morgan fingerprint density at radius 1 is 0.907 bits per heavy atom. The van der Waals surface area contributed by atoms with Crippen molar-refractivity contribution in [3.05, 3.63) is 91.9 Å². The maximum atomic E-state index is 14.3. The summed E-state index contributed by atoms with van der Waals surface area (Å²) in [5.41, 5.74) is 1.54. The monoisotopic (exact) mass is 683 g/mol. The van der Waals surface area contributed by atoms with E-state index in [2.05, 4.69) is 5.32 Å². The number of nitrogens with zero attached hydrogens (tertiary/aromatic N) is 2. The van der Waals surface area contributed by atoms with E-state index in [0.717, 1.165) is 35.6 Å². The molecular weight excluding hydrogens is 652 g/mol. The van der Waals surface area contributed by atoms with E-state index < -0.39 is 28.5 Å². The van der Waals surface area contributed by atoms with E-state index in [0.29, 0.717) is 22.0 Å². The zero-order chi connectivity index (χ0) is 31.3. The molecule has 1 unspecified atom stereocenters. The molecule has 1 atom stereocenters. The second-order valence-corrected chi connectivity index (χ2v) is 14.1. The van der Waals surface area contributed by atoms with Gasteiger partial charge in [0.05, 0.1) is 25.7 Å². The number of rotatable bonds is 11. The van der Waals surface area contributed by atoms with Crippen LogP contribution in [-0.2, 0) is 26.2 Å². The van der Waals surface area contributed by atoms with Crippen molar-refractivity contribution in [2.45, 2.75) is 69.5 Å². The summed E-state index contributed by atoms with van der Waals surface area (Å²) in [6, 6.07) is 14.8. The van der Waals surface area contributed by atoms with E-state index in [-0.39, 0.29) is 39.1 Å². The van der Waals surface area contributed by atoms with Gasteiger partial charge in [0.15, 0.2) is 0 Å². The Kier molecular flexibility index (Phi) is 11.3. The largest absolute Gasteiger partial charge is 0.352 e. The summed E-state index contributed by atoms with van der Waals surface area (Å²) in [5, 5.41) is 4.06. The molecule has 0 saturated heterocycles. The molecule has 2 amide bonds. The van der Waals surface area contributed by atoms with Gasteiger partial charge in [0.25, 0.3) is 10.0 Å². The zero-order valence-electron chi connectivity index (χ0n) is 23.8. The van der Waals surface area contributed by atoms with Crippen molar-refractivity contribution < 1.29 is 18.0 Å². The second kappa shape index (κ2) is 14.5. The molecule has 0 heterocycles. The highest BCUT2D eigenvalue weighted by atomic mass is 35.5. The van der Waals surface area contributed by atoms with Gasteiger partial charge in [-0.2, -0.15) is 0 Å². The molecular formula is C31H33Cl4N3O4S. The third-order valence-corrected chi connectivity index (χ3v) is 10.6. The molecule has 4 rings (SSSR count). The normalized spacial score (nSPS) is 14.4. The van der Waals surface area contributed by atoms with Crippen LogP contribution >= 0.6 is 46.4 Å². The van der Waals surface area contributed by atoms with Gasteiger partial charge in [-0.05, 0) is 74.2 Å². The highest BCUT2D eigenvalue weighted by Crippen LogP contribution is 2.34. The Labute approximate surface area is 273 Å². The van der Waals surface area contributed by atoms with Crippen LogP contribution in [0.3, 0.4) is 0 Å². The minimum Gasteiger partial charge on any atom is -0.352 e. The van der Waals surface area contributed by atoms with Gasteiger partial charge in [0.1, 0.15) is 12.6 Å². The van der Waals surface area contributed by atoms with E-state index in [1.54, 1.807) is 30.3 Å². The first-order valence-corrected chi connectivity index (χ1v) is 16.9. The summed E-state index contributed by atoms with van der Waals surface area (Å²) < 4.78 is 29.0. The fourth-order valence-electron chi connectivity index (χ4n) is 5.15. The number of benzene rings is 3. The van der Waals surface area contributed by atoms with Crippen molar-refractivity contribution in [1.82, 2.24) is 10.2 Å². The lowest BCUT2D eigenvalue weighted by Crippen LogP contribution is -2.53. The van der Waals surface area contributed by atoms with Crippen molar-refractivity contribution in [3.8, 4) is 0 Å². The summed E-state index contributed by atoms with van der Waals surface area (Å²) in [5.74, 6) is -0.900. The Morgan fingerprint density at radius 3 is 2.19 bits per heavy atom. The number of aryl methyl sites for hydroxylation is 1. The highest BCUT2D eigenvalue weighted by Gasteiger charge is 2.35. The SMILES string of the molecule is CCC(C(=O)NC1CCCC1)N(Cc1ccc(Cl)c(Cl)c1)C(=O)CN(c1cc(Cl)ccc1Cl)S(=O)(=O)c1ccc(C)cc1. The number of halogens is 4. The quantitative estimate of drug-likeness (QED) is 0.225. The first-order chi connectivity index (χ1) is 20.4. The summed E-state index contributed by atoms with van der Waals surface area (Å²) in [7, 11) is -4.29. The van der Waals surface area contributed by atoms with Crippen LogP contribution in [0.25, 0.3) is 0 Å². The third kappa shape index (κ3) is 8.17. The van der Waals surface area contributed by atoms with Crippen molar-refractivity contribution in [2.24, 2.45) is 0 Å². The lowest BCUT2D eigenvalue weighted by Gasteiger charge is -2.34. The number of sulfonamides is 1. The number of anilines is 1. The van der Waals surface area contributed by atoms with E-state index in [9.17, 15) is 18.0 Å². The van der Waals surface area contributed by atoms with Crippen LogP contribution < -0.4 is 9.62 Å². The topological polar surface area (TPSA) is 86.8 Å². The average molecular weight is 686 g/mol. The summed E-state index contributed by atoms with van der Waals surface area (Å²) in [6.07, 6.45) is 4.10. The van der Waals surface area contributed by atoms with E-state index >= 15 is 0 Å². The molecule has 230 valence electrons. The molecule has 3 aromatic carbocycles. The number of carbonyl (C=O) groups is 2. The highest BCUT2D eigenvalue weighted by molar-refractivity contribution is 7.92. The Hall–Kier alpha value is -2.49. The number of amides is 2. The molecule has 1 N–H and O–H groups in total. The van der Waals surface area contributed by atoms with Crippen LogP contribution in [-0.4, -0.2) is 43.8 Å². The van der Waals surface area contributed by atoms with Gasteiger partial charge in [-0.25, -0.2) is 8.42 Å². The third-order valence-electron chi connectivity index (χ3n) is 7.49. The number of hydrogen-bond donors (Lipinski definition) is 1. The van der Waals surface area contributed by atoms with Crippen LogP contribution in [0.5, 0.6) is 0 Å². The minimum atomic E-state index is -4.29. The van der Waals surface area contributed by atoms with Crippen LogP contribution in [0.2, 0.25) is 20.1 Å². The zero-order valence-corrected chi connectivity index (χ0v) is 27.7.